The Hall–Kier alpha value is -0.0300. The van der Waals surface area contributed by atoms with E-state index in [-0.39, 0.29) is 0 Å². The predicted octanol–water partition coefficient (Wildman–Crippen LogP) is 1.65. The molecule has 0 atom stereocenters. The Kier molecular flexibility index (Phi) is 5.09. The van der Waals surface area contributed by atoms with Gasteiger partial charge in [-0.25, -0.2) is 4.79 Å². The highest BCUT2D eigenvalue weighted by Gasteiger charge is 1.98. The lowest BCUT2D eigenvalue weighted by atomic mass is 10.9. The summed E-state index contributed by atoms with van der Waals surface area (Å²) in [6.07, 6.45) is -0.701. The molecule has 48 valence electrons. The second kappa shape index (κ2) is 5.11. The summed E-state index contributed by atoms with van der Waals surface area (Å²) < 4.78 is 8.55. The molecule has 0 rings (SSSR count). The summed E-state index contributed by atoms with van der Waals surface area (Å²) in [7, 11) is 0. The Morgan fingerprint density at radius 2 is 2.50 bits per heavy atom. The van der Waals surface area contributed by atoms with Gasteiger partial charge >= 0.3 is 6.16 Å². The molecule has 8 heavy (non-hydrogen) atoms. The minimum Gasteiger partial charge on any atom is -0.434 e. The maximum absolute atomic E-state index is 10.1. The van der Waals surface area contributed by atoms with Gasteiger partial charge in [-0.15, -0.1) is 0 Å². The summed E-state index contributed by atoms with van der Waals surface area (Å²) in [6, 6.07) is 0. The Bertz CT molecular complexity index is 66.9. The third-order valence-corrected chi connectivity index (χ3v) is 0.802. The molecule has 0 radical (unpaired) electrons. The van der Waals surface area contributed by atoms with E-state index in [1.54, 1.807) is 6.92 Å². The fraction of sp³-hybridized carbons (Fsp3) is 0.667. The fourth-order valence-corrected chi connectivity index (χ4v) is 0.464. The van der Waals surface area contributed by atoms with Crippen LogP contribution in [0.1, 0.15) is 6.92 Å². The van der Waals surface area contributed by atoms with Crippen LogP contribution < -0.4 is 0 Å². The Balaban J connectivity index is 3.06. The predicted molar refractivity (Wildman–Crippen MR) is 34.7 cm³/mol. The molecule has 0 aliphatic heterocycles. The molecule has 0 unspecified atom stereocenters. The molecule has 0 aliphatic carbocycles. The molecule has 0 spiro atoms. The molecule has 0 aromatic rings. The normalized spacial score (nSPS) is 8.25. The number of rotatable bonds is 2. The lowest BCUT2D eigenvalue weighted by molar-refractivity contribution is 0.112. The minimum atomic E-state index is -0.701. The molecule has 0 aromatic heterocycles. The number of carbonyl (C=O) groups excluding carboxylic acids is 1. The molecule has 0 amide bonds. The van der Waals surface area contributed by atoms with E-state index in [4.69, 9.17) is 0 Å². The molecule has 0 bridgehead atoms. The zero-order chi connectivity index (χ0) is 6.41. The Labute approximate surface area is 56.7 Å². The first-order valence-corrected chi connectivity index (χ1v) is 3.75. The van der Waals surface area contributed by atoms with Crippen LogP contribution in [-0.2, 0) is 8.92 Å². The van der Waals surface area contributed by atoms with Gasteiger partial charge in [0.1, 0.15) is 11.1 Å². The molecule has 3 nitrogen and oxygen atoms in total. The van der Waals surface area contributed by atoms with E-state index in [2.05, 4.69) is 20.6 Å². The van der Waals surface area contributed by atoms with Crippen molar-refractivity contribution in [3.8, 4) is 0 Å². The highest BCUT2D eigenvalue weighted by atomic mass is 33.1. The van der Waals surface area contributed by atoms with Crippen molar-refractivity contribution in [2.24, 2.45) is 0 Å². The average molecular weight is 154 g/mol. The lowest BCUT2D eigenvalue weighted by Crippen LogP contribution is -2.00. The largest absolute Gasteiger partial charge is 0.521 e. The number of hydrogen-bond donors (Lipinski definition) is 1. The summed E-state index contributed by atoms with van der Waals surface area (Å²) in [4.78, 5) is 10.1. The van der Waals surface area contributed by atoms with Crippen LogP contribution in [0.2, 0.25) is 0 Å². The summed E-state index contributed by atoms with van der Waals surface area (Å²) in [5.74, 6) is 0. The van der Waals surface area contributed by atoms with Crippen molar-refractivity contribution in [1.29, 1.82) is 0 Å². The third kappa shape index (κ3) is 4.14. The van der Waals surface area contributed by atoms with Gasteiger partial charge in [-0.2, -0.15) is 0 Å². The monoisotopic (exact) mass is 154 g/mol. The quantitative estimate of drug-likeness (QED) is 0.284. The number of carbonyl (C=O) groups is 1. The van der Waals surface area contributed by atoms with Crippen molar-refractivity contribution in [1.82, 2.24) is 0 Å². The van der Waals surface area contributed by atoms with E-state index >= 15 is 0 Å². The number of ether oxygens (including phenoxy) is 1. The summed E-state index contributed by atoms with van der Waals surface area (Å²) in [5, 5.41) is 0. The van der Waals surface area contributed by atoms with Gasteiger partial charge in [0.15, 0.2) is 0 Å². The van der Waals surface area contributed by atoms with Crippen molar-refractivity contribution >= 4 is 28.9 Å². The van der Waals surface area contributed by atoms with Crippen LogP contribution in [0, 0.1) is 0 Å². The average Bonchev–Trinajstić information content (AvgIpc) is 1.68. The van der Waals surface area contributed by atoms with Crippen LogP contribution in [0.3, 0.4) is 0 Å². The van der Waals surface area contributed by atoms with Crippen LogP contribution in [0.5, 0.6) is 0 Å². The van der Waals surface area contributed by atoms with Gasteiger partial charge in [0.05, 0.1) is 6.61 Å². The van der Waals surface area contributed by atoms with Crippen molar-refractivity contribution in [3.05, 3.63) is 0 Å². The second-order valence-electron chi connectivity index (χ2n) is 0.841. The molecular formula is C3H6O3S2. The molecule has 0 fully saturated rings. The molecule has 0 heterocycles. The smallest absolute Gasteiger partial charge is 0.434 e. The lowest BCUT2D eigenvalue weighted by Gasteiger charge is -1.95. The van der Waals surface area contributed by atoms with Crippen molar-refractivity contribution in [2.45, 2.75) is 6.92 Å². The number of hydrogen-bond acceptors (Lipinski definition) is 5. The van der Waals surface area contributed by atoms with Gasteiger partial charge in [0.25, 0.3) is 0 Å². The molecular weight excluding hydrogens is 148 g/mol. The maximum atomic E-state index is 10.1. The van der Waals surface area contributed by atoms with Crippen molar-refractivity contribution < 1.29 is 13.7 Å². The molecule has 0 aliphatic rings. The van der Waals surface area contributed by atoms with Gasteiger partial charge in [-0.1, -0.05) is 11.7 Å². The van der Waals surface area contributed by atoms with Gasteiger partial charge in [0, 0.05) is 0 Å². The molecule has 0 saturated heterocycles. The van der Waals surface area contributed by atoms with Crippen LogP contribution in [0.25, 0.3) is 0 Å². The van der Waals surface area contributed by atoms with Crippen molar-refractivity contribution in [2.75, 3.05) is 6.61 Å². The van der Waals surface area contributed by atoms with Gasteiger partial charge in [-0.3, -0.25) is 0 Å². The maximum Gasteiger partial charge on any atom is 0.521 e. The molecule has 0 saturated carbocycles. The molecule has 5 heteroatoms. The first kappa shape index (κ1) is 7.97. The molecule has 0 aromatic carbocycles. The highest BCUT2D eigenvalue weighted by molar-refractivity contribution is 8.66. The first-order valence-electron chi connectivity index (χ1n) is 1.96. The highest BCUT2D eigenvalue weighted by Crippen LogP contribution is 2.07. The summed E-state index contributed by atoms with van der Waals surface area (Å²) in [6.45, 7) is 2.03. The zero-order valence-corrected chi connectivity index (χ0v) is 6.00. The SMILES string of the molecule is CCOC(=O)OSS. The van der Waals surface area contributed by atoms with Gasteiger partial charge in [0.2, 0.25) is 0 Å². The third-order valence-electron chi connectivity index (χ3n) is 0.367. The van der Waals surface area contributed by atoms with Crippen LogP contribution in [-0.4, -0.2) is 12.8 Å². The fourth-order valence-electron chi connectivity index (χ4n) is 0.172. The number of thiol groups is 1. The van der Waals surface area contributed by atoms with Crippen LogP contribution in [0.4, 0.5) is 4.79 Å². The first-order chi connectivity index (χ1) is 3.81. The Morgan fingerprint density at radius 3 is 2.88 bits per heavy atom. The molecule has 0 N–H and O–H groups in total. The zero-order valence-electron chi connectivity index (χ0n) is 4.29. The van der Waals surface area contributed by atoms with E-state index < -0.39 is 6.16 Å². The van der Waals surface area contributed by atoms with Gasteiger partial charge < -0.3 is 8.92 Å². The van der Waals surface area contributed by atoms with Crippen molar-refractivity contribution in [3.63, 3.8) is 0 Å². The van der Waals surface area contributed by atoms with Gasteiger partial charge in [-0.05, 0) is 6.92 Å². The van der Waals surface area contributed by atoms with Crippen LogP contribution >= 0.6 is 22.7 Å². The van der Waals surface area contributed by atoms with Crippen LogP contribution in [0.15, 0.2) is 0 Å². The van der Waals surface area contributed by atoms with E-state index in [0.717, 1.165) is 0 Å². The van der Waals surface area contributed by atoms with E-state index in [1.165, 1.54) is 0 Å². The summed E-state index contributed by atoms with van der Waals surface area (Å²) >= 11 is 4.22. The topological polar surface area (TPSA) is 35.5 Å². The van der Waals surface area contributed by atoms with E-state index in [9.17, 15) is 4.79 Å². The van der Waals surface area contributed by atoms with E-state index in [1.807, 2.05) is 0 Å². The second-order valence-corrected chi connectivity index (χ2v) is 1.60. The van der Waals surface area contributed by atoms with E-state index in [0.29, 0.717) is 17.7 Å². The summed E-state index contributed by atoms with van der Waals surface area (Å²) in [5.41, 5.74) is 0. The Morgan fingerprint density at radius 1 is 1.88 bits per heavy atom. The standard InChI is InChI=1S/C3H6O3S2/c1-2-5-3(4)6-8-7/h7H,2H2,1H3. The minimum absolute atomic E-state index is 0.327.